The lowest BCUT2D eigenvalue weighted by Gasteiger charge is -2.06. The minimum atomic E-state index is 0.294. The quantitative estimate of drug-likeness (QED) is 0.467. The molecule has 3 heteroatoms. The van der Waals surface area contributed by atoms with Crippen molar-refractivity contribution in [2.45, 2.75) is 26.2 Å². The Bertz CT molecular complexity index is 410. The fourth-order valence-corrected chi connectivity index (χ4v) is 2.18. The highest BCUT2D eigenvalue weighted by Gasteiger charge is 2.15. The van der Waals surface area contributed by atoms with E-state index in [-0.39, 0.29) is 0 Å². The maximum atomic E-state index is 5.67. The molecule has 0 spiro atoms. The molecule has 0 saturated heterocycles. The molecule has 1 aliphatic carbocycles. The predicted molar refractivity (Wildman–Crippen MR) is 65.2 cm³/mol. The van der Waals surface area contributed by atoms with E-state index in [1.165, 1.54) is 29.5 Å². The topological polar surface area (TPSA) is 38.4 Å². The van der Waals surface area contributed by atoms with Crippen LogP contribution in [0.3, 0.4) is 0 Å². The zero-order valence-electron chi connectivity index (χ0n) is 8.89. The van der Waals surface area contributed by atoms with Gasteiger partial charge >= 0.3 is 0 Å². The highest BCUT2D eigenvalue weighted by atomic mass is 35.5. The van der Waals surface area contributed by atoms with Gasteiger partial charge in [0.05, 0.1) is 11.6 Å². The average Bonchev–Trinajstić information content (AvgIpc) is 2.65. The van der Waals surface area contributed by atoms with Gasteiger partial charge in [-0.25, -0.2) is 4.99 Å². The minimum absolute atomic E-state index is 0.294. The maximum absolute atomic E-state index is 5.67. The molecule has 0 aromatic heterocycles. The number of rotatable bonds is 2. The lowest BCUT2D eigenvalue weighted by atomic mass is 10.0. The maximum Gasteiger partial charge on any atom is 0.115 e. The molecule has 1 aromatic carbocycles. The second-order valence-electron chi connectivity index (χ2n) is 4.01. The van der Waals surface area contributed by atoms with Crippen LogP contribution in [-0.2, 0) is 12.8 Å². The number of fused-ring (bicyclic) bond motifs is 1. The molecule has 80 valence electrons. The van der Waals surface area contributed by atoms with Crippen LogP contribution in [-0.4, -0.2) is 11.7 Å². The zero-order valence-corrected chi connectivity index (χ0v) is 9.64. The molecule has 0 bridgehead atoms. The van der Waals surface area contributed by atoms with Gasteiger partial charge in [-0.15, -0.1) is 11.6 Å². The third-order valence-electron chi connectivity index (χ3n) is 2.74. The molecule has 0 radical (unpaired) electrons. The Labute approximate surface area is 95.2 Å². The number of halogens is 1. The molecule has 1 aliphatic rings. The van der Waals surface area contributed by atoms with Crippen molar-refractivity contribution in [1.82, 2.24) is 0 Å². The number of aryl methyl sites for hydroxylation is 2. The van der Waals surface area contributed by atoms with Crippen LogP contribution in [0.4, 0.5) is 5.69 Å². The Kier molecular flexibility index (Phi) is 2.96. The van der Waals surface area contributed by atoms with Gasteiger partial charge in [-0.1, -0.05) is 6.07 Å². The average molecular weight is 223 g/mol. The van der Waals surface area contributed by atoms with Gasteiger partial charge in [0.1, 0.15) is 5.84 Å². The lowest BCUT2D eigenvalue weighted by Crippen LogP contribution is -2.12. The summed E-state index contributed by atoms with van der Waals surface area (Å²) in [5.41, 5.74) is 10.7. The molecule has 15 heavy (non-hydrogen) atoms. The van der Waals surface area contributed by atoms with E-state index in [9.17, 15) is 0 Å². The highest BCUT2D eigenvalue weighted by Crippen LogP contribution is 2.32. The third-order valence-corrected chi connectivity index (χ3v) is 3.01. The molecule has 2 N–H and O–H groups in total. The Balaban J connectivity index is 2.47. The van der Waals surface area contributed by atoms with Crippen LogP contribution in [0.5, 0.6) is 0 Å². The highest BCUT2D eigenvalue weighted by molar-refractivity contribution is 6.28. The number of nitrogens with two attached hydrogens (primary N) is 1. The first kappa shape index (κ1) is 10.5. The number of hydrogen-bond acceptors (Lipinski definition) is 1. The van der Waals surface area contributed by atoms with E-state index in [1.807, 2.05) is 0 Å². The first-order valence-electron chi connectivity index (χ1n) is 5.22. The zero-order chi connectivity index (χ0) is 10.8. The van der Waals surface area contributed by atoms with Crippen LogP contribution >= 0.6 is 11.6 Å². The van der Waals surface area contributed by atoms with Crippen LogP contribution in [0.2, 0.25) is 0 Å². The van der Waals surface area contributed by atoms with E-state index >= 15 is 0 Å². The fraction of sp³-hybridized carbons (Fsp3) is 0.417. The largest absolute Gasteiger partial charge is 0.386 e. The fourth-order valence-electron chi connectivity index (χ4n) is 2.12. The summed E-state index contributed by atoms with van der Waals surface area (Å²) in [6, 6.07) is 4.34. The number of aliphatic imine (C=N–C) groups is 1. The molecule has 1 aromatic rings. The normalized spacial score (nSPS) is 15.5. The molecular weight excluding hydrogens is 208 g/mol. The van der Waals surface area contributed by atoms with E-state index in [1.54, 1.807) is 0 Å². The molecule has 0 atom stereocenters. The monoisotopic (exact) mass is 222 g/mol. The summed E-state index contributed by atoms with van der Waals surface area (Å²) in [7, 11) is 0. The van der Waals surface area contributed by atoms with Gasteiger partial charge in [0.2, 0.25) is 0 Å². The second-order valence-corrected chi connectivity index (χ2v) is 4.28. The van der Waals surface area contributed by atoms with Gasteiger partial charge in [0.15, 0.2) is 0 Å². The molecule has 0 saturated carbocycles. The van der Waals surface area contributed by atoms with Crippen molar-refractivity contribution in [2.24, 2.45) is 10.7 Å². The Morgan fingerprint density at radius 2 is 2.27 bits per heavy atom. The van der Waals surface area contributed by atoms with E-state index in [0.717, 1.165) is 12.1 Å². The summed E-state index contributed by atoms with van der Waals surface area (Å²) in [6.07, 6.45) is 3.51. The summed E-state index contributed by atoms with van der Waals surface area (Å²) in [4.78, 5) is 4.37. The SMILES string of the molecule is Cc1cc2c(c(N=C(N)CCl)c1)CCC2. The number of alkyl halides is 1. The Hall–Kier alpha value is -1.02. The van der Waals surface area contributed by atoms with Crippen LogP contribution in [0.15, 0.2) is 17.1 Å². The van der Waals surface area contributed by atoms with Gasteiger partial charge in [-0.2, -0.15) is 0 Å². The number of benzene rings is 1. The van der Waals surface area contributed by atoms with Crippen LogP contribution in [0.25, 0.3) is 0 Å². The van der Waals surface area contributed by atoms with Crippen LogP contribution < -0.4 is 5.73 Å². The van der Waals surface area contributed by atoms with Crippen molar-refractivity contribution in [3.8, 4) is 0 Å². The van der Waals surface area contributed by atoms with Gasteiger partial charge in [-0.3, -0.25) is 0 Å². The van der Waals surface area contributed by atoms with Crippen molar-refractivity contribution in [3.63, 3.8) is 0 Å². The summed E-state index contributed by atoms with van der Waals surface area (Å²) < 4.78 is 0. The van der Waals surface area contributed by atoms with Gasteiger partial charge in [0.25, 0.3) is 0 Å². The third kappa shape index (κ3) is 2.15. The van der Waals surface area contributed by atoms with E-state index < -0.39 is 0 Å². The first-order valence-corrected chi connectivity index (χ1v) is 5.75. The number of nitrogens with zero attached hydrogens (tertiary/aromatic N) is 1. The van der Waals surface area contributed by atoms with Crippen molar-refractivity contribution < 1.29 is 0 Å². The van der Waals surface area contributed by atoms with Crippen molar-refractivity contribution in [2.75, 3.05) is 5.88 Å². The number of hydrogen-bond donors (Lipinski definition) is 1. The first-order chi connectivity index (χ1) is 7.20. The molecule has 0 fully saturated rings. The van der Waals surface area contributed by atoms with E-state index in [2.05, 4.69) is 24.0 Å². The molecule has 0 unspecified atom stereocenters. The Morgan fingerprint density at radius 1 is 1.47 bits per heavy atom. The summed E-state index contributed by atoms with van der Waals surface area (Å²) in [5, 5.41) is 0. The van der Waals surface area contributed by atoms with Crippen molar-refractivity contribution >= 4 is 23.1 Å². The van der Waals surface area contributed by atoms with Crippen molar-refractivity contribution in [1.29, 1.82) is 0 Å². The van der Waals surface area contributed by atoms with E-state index in [0.29, 0.717) is 11.7 Å². The Morgan fingerprint density at radius 3 is 3.00 bits per heavy atom. The molecule has 2 rings (SSSR count). The summed E-state index contributed by atoms with van der Waals surface area (Å²) in [6.45, 7) is 2.09. The molecule has 0 heterocycles. The summed E-state index contributed by atoms with van der Waals surface area (Å²) in [5.74, 6) is 0.791. The number of amidine groups is 1. The smallest absolute Gasteiger partial charge is 0.115 e. The predicted octanol–water partition coefficient (Wildman–Crippen LogP) is 2.71. The molecular formula is C12H15ClN2. The molecule has 2 nitrogen and oxygen atoms in total. The second kappa shape index (κ2) is 4.23. The molecule has 0 aliphatic heterocycles. The van der Waals surface area contributed by atoms with E-state index in [4.69, 9.17) is 17.3 Å². The summed E-state index contributed by atoms with van der Waals surface area (Å²) >= 11 is 5.64. The van der Waals surface area contributed by atoms with Crippen molar-refractivity contribution in [3.05, 3.63) is 28.8 Å². The van der Waals surface area contributed by atoms with Crippen LogP contribution in [0, 0.1) is 6.92 Å². The van der Waals surface area contributed by atoms with Gasteiger partial charge < -0.3 is 5.73 Å². The lowest BCUT2D eigenvalue weighted by molar-refractivity contribution is 0.911. The standard InChI is InChI=1S/C12H15ClN2/c1-8-5-9-3-2-4-10(9)11(6-8)15-12(14)7-13/h5-6H,2-4,7H2,1H3,(H2,14,15). The minimum Gasteiger partial charge on any atom is -0.386 e. The van der Waals surface area contributed by atoms with Crippen LogP contribution in [0.1, 0.15) is 23.1 Å². The van der Waals surface area contributed by atoms with Gasteiger partial charge in [0, 0.05) is 0 Å². The van der Waals surface area contributed by atoms with Gasteiger partial charge in [-0.05, 0) is 48.9 Å². The molecule has 0 amide bonds.